The number of carbonyl (C=O) groups is 1. The van der Waals surface area contributed by atoms with Crippen LogP contribution in [0.25, 0.3) is 33.5 Å². The largest absolute Gasteiger partial charge is 0.338 e. The summed E-state index contributed by atoms with van der Waals surface area (Å²) in [5, 5.41) is 1.21. The number of imidazole rings is 1. The van der Waals surface area contributed by atoms with E-state index in [-0.39, 0.29) is 0 Å². The zero-order valence-corrected chi connectivity index (χ0v) is 13.2. The van der Waals surface area contributed by atoms with Crippen molar-refractivity contribution in [1.29, 1.82) is 0 Å². The molecule has 0 spiro atoms. The molecule has 4 heteroatoms. The van der Waals surface area contributed by atoms with Gasteiger partial charge in [0, 0.05) is 30.1 Å². The van der Waals surface area contributed by atoms with Crippen LogP contribution in [0.1, 0.15) is 17.3 Å². The van der Waals surface area contributed by atoms with Gasteiger partial charge >= 0.3 is 0 Å². The summed E-state index contributed by atoms with van der Waals surface area (Å²) in [5.41, 5.74) is 4.84. The first-order valence-corrected chi connectivity index (χ1v) is 7.73. The topological polar surface area (TPSA) is 39.8 Å². The van der Waals surface area contributed by atoms with Gasteiger partial charge in [-0.05, 0) is 37.3 Å². The number of hydrogen-bond acceptors (Lipinski definition) is 2. The average Bonchev–Trinajstić information content (AvgIpc) is 3.11. The van der Waals surface area contributed by atoms with E-state index in [1.807, 2.05) is 25.2 Å². The molecule has 2 aromatic carbocycles. The summed E-state index contributed by atoms with van der Waals surface area (Å²) in [5.74, 6) is 0.918. The van der Waals surface area contributed by atoms with E-state index in [1.54, 1.807) is 0 Å². The molecular weight excluding hydrogens is 286 g/mol. The number of nitrogens with zero attached hydrogens (tertiary/aromatic N) is 3. The van der Waals surface area contributed by atoms with Crippen molar-refractivity contribution in [3.8, 4) is 11.5 Å². The predicted octanol–water partition coefficient (Wildman–Crippen LogP) is 4.03. The quantitative estimate of drug-likeness (QED) is 0.536. The highest BCUT2D eigenvalue weighted by Crippen LogP contribution is 2.29. The van der Waals surface area contributed by atoms with E-state index in [0.717, 1.165) is 35.4 Å². The molecule has 2 aromatic heterocycles. The number of benzene rings is 2. The molecule has 0 bridgehead atoms. The summed E-state index contributed by atoms with van der Waals surface area (Å²) in [6.07, 6.45) is 0.858. The predicted molar refractivity (Wildman–Crippen MR) is 92.7 cm³/mol. The average molecular weight is 303 g/mol. The Kier molecular flexibility index (Phi) is 3.05. The van der Waals surface area contributed by atoms with E-state index in [0.29, 0.717) is 5.56 Å². The summed E-state index contributed by atoms with van der Waals surface area (Å²) >= 11 is 0. The number of para-hydroxylation sites is 1. The maximum absolute atomic E-state index is 11.0. The third kappa shape index (κ3) is 1.99. The standard InChI is InChI=1S/C19H17N3O/c1-3-22-16-7-5-4-6-14(16)11-18(22)19-20-15-10-13(12-23)8-9-17(15)21(19)2/h4-12H,3H2,1-2H3. The van der Waals surface area contributed by atoms with Crippen LogP contribution < -0.4 is 0 Å². The second kappa shape index (κ2) is 5.09. The van der Waals surface area contributed by atoms with Crippen LogP contribution >= 0.6 is 0 Å². The number of carbonyl (C=O) groups excluding carboxylic acids is 1. The maximum Gasteiger partial charge on any atom is 0.157 e. The van der Waals surface area contributed by atoms with E-state index in [4.69, 9.17) is 4.98 Å². The minimum absolute atomic E-state index is 0.651. The Bertz CT molecular complexity index is 1040. The molecule has 0 saturated heterocycles. The normalized spacial score (nSPS) is 11.4. The Hall–Kier alpha value is -2.88. The molecule has 4 rings (SSSR count). The van der Waals surface area contributed by atoms with E-state index in [2.05, 4.69) is 46.4 Å². The molecule has 0 radical (unpaired) electrons. The lowest BCUT2D eigenvalue weighted by Crippen LogP contribution is -2.01. The lowest BCUT2D eigenvalue weighted by molar-refractivity contribution is 0.112. The number of aldehydes is 1. The number of fused-ring (bicyclic) bond motifs is 2. The van der Waals surface area contributed by atoms with Gasteiger partial charge in [-0.2, -0.15) is 0 Å². The zero-order valence-electron chi connectivity index (χ0n) is 13.2. The third-order valence-electron chi connectivity index (χ3n) is 4.40. The van der Waals surface area contributed by atoms with E-state index in [1.165, 1.54) is 10.9 Å². The molecule has 0 aliphatic rings. The Labute approximate surface area is 134 Å². The van der Waals surface area contributed by atoms with E-state index >= 15 is 0 Å². The highest BCUT2D eigenvalue weighted by atomic mass is 16.1. The molecule has 0 amide bonds. The van der Waals surface area contributed by atoms with Gasteiger partial charge in [0.05, 0.1) is 16.7 Å². The molecular formula is C19H17N3O. The van der Waals surface area contributed by atoms with Crippen molar-refractivity contribution in [1.82, 2.24) is 14.1 Å². The summed E-state index contributed by atoms with van der Waals surface area (Å²) in [6, 6.07) is 16.2. The number of aryl methyl sites for hydroxylation is 2. The molecule has 0 atom stereocenters. The van der Waals surface area contributed by atoms with Gasteiger partial charge in [-0.25, -0.2) is 4.98 Å². The molecule has 4 nitrogen and oxygen atoms in total. The van der Waals surface area contributed by atoms with Gasteiger partial charge in [-0.15, -0.1) is 0 Å². The first-order valence-electron chi connectivity index (χ1n) is 7.73. The highest BCUT2D eigenvalue weighted by molar-refractivity contribution is 5.90. The van der Waals surface area contributed by atoms with Crippen LogP contribution in [0.15, 0.2) is 48.5 Å². The van der Waals surface area contributed by atoms with Crippen LogP contribution in [0.4, 0.5) is 0 Å². The van der Waals surface area contributed by atoms with Crippen LogP contribution in [0.5, 0.6) is 0 Å². The van der Waals surface area contributed by atoms with Gasteiger partial charge in [0.25, 0.3) is 0 Å². The third-order valence-corrected chi connectivity index (χ3v) is 4.40. The minimum atomic E-state index is 0.651. The Balaban J connectivity index is 2.02. The molecule has 0 unspecified atom stereocenters. The second-order valence-corrected chi connectivity index (χ2v) is 5.69. The summed E-state index contributed by atoms with van der Waals surface area (Å²) in [7, 11) is 2.02. The molecule has 2 heterocycles. The fourth-order valence-electron chi connectivity index (χ4n) is 3.26. The van der Waals surface area contributed by atoms with Crippen LogP contribution in [0.3, 0.4) is 0 Å². The van der Waals surface area contributed by atoms with Crippen molar-refractivity contribution < 1.29 is 4.79 Å². The van der Waals surface area contributed by atoms with Crippen molar-refractivity contribution in [3.05, 3.63) is 54.1 Å². The highest BCUT2D eigenvalue weighted by Gasteiger charge is 2.16. The first-order chi connectivity index (χ1) is 11.2. The minimum Gasteiger partial charge on any atom is -0.338 e. The van der Waals surface area contributed by atoms with Crippen molar-refractivity contribution in [2.75, 3.05) is 0 Å². The van der Waals surface area contributed by atoms with Gasteiger partial charge in [-0.3, -0.25) is 4.79 Å². The van der Waals surface area contributed by atoms with Crippen molar-refractivity contribution in [2.24, 2.45) is 7.05 Å². The van der Waals surface area contributed by atoms with E-state index < -0.39 is 0 Å². The number of hydrogen-bond donors (Lipinski definition) is 0. The number of rotatable bonds is 3. The molecule has 23 heavy (non-hydrogen) atoms. The van der Waals surface area contributed by atoms with Gasteiger partial charge in [0.2, 0.25) is 0 Å². The molecule has 0 aliphatic carbocycles. The smallest absolute Gasteiger partial charge is 0.157 e. The molecule has 0 fully saturated rings. The lowest BCUT2D eigenvalue weighted by Gasteiger charge is -2.08. The van der Waals surface area contributed by atoms with E-state index in [9.17, 15) is 4.79 Å². The molecule has 114 valence electrons. The Morgan fingerprint density at radius 3 is 2.70 bits per heavy atom. The van der Waals surface area contributed by atoms with Gasteiger partial charge in [0.15, 0.2) is 5.82 Å². The Morgan fingerprint density at radius 1 is 1.09 bits per heavy atom. The van der Waals surface area contributed by atoms with Gasteiger partial charge < -0.3 is 9.13 Å². The summed E-state index contributed by atoms with van der Waals surface area (Å²) in [6.45, 7) is 3.02. The zero-order chi connectivity index (χ0) is 16.0. The molecule has 4 aromatic rings. The van der Waals surface area contributed by atoms with Gasteiger partial charge in [-0.1, -0.05) is 18.2 Å². The lowest BCUT2D eigenvalue weighted by atomic mass is 10.2. The maximum atomic E-state index is 11.0. The van der Waals surface area contributed by atoms with Crippen LogP contribution in [-0.4, -0.2) is 20.4 Å². The van der Waals surface area contributed by atoms with Gasteiger partial charge in [0.1, 0.15) is 6.29 Å². The molecule has 0 saturated carbocycles. The van der Waals surface area contributed by atoms with Crippen molar-refractivity contribution in [2.45, 2.75) is 13.5 Å². The molecule has 0 aliphatic heterocycles. The fraction of sp³-hybridized carbons (Fsp3) is 0.158. The van der Waals surface area contributed by atoms with Crippen LogP contribution in [0.2, 0.25) is 0 Å². The first kappa shape index (κ1) is 13.8. The monoisotopic (exact) mass is 303 g/mol. The van der Waals surface area contributed by atoms with Crippen LogP contribution in [0, 0.1) is 0 Å². The summed E-state index contributed by atoms with van der Waals surface area (Å²) in [4.78, 5) is 15.8. The van der Waals surface area contributed by atoms with Crippen molar-refractivity contribution >= 4 is 28.2 Å². The van der Waals surface area contributed by atoms with Crippen LogP contribution in [-0.2, 0) is 13.6 Å². The summed E-state index contributed by atoms with van der Waals surface area (Å²) < 4.78 is 4.36. The number of aromatic nitrogens is 3. The Morgan fingerprint density at radius 2 is 1.91 bits per heavy atom. The second-order valence-electron chi connectivity index (χ2n) is 5.69. The molecule has 0 N–H and O–H groups in total. The SMILES string of the molecule is CCn1c(-c2nc3cc(C=O)ccc3n2C)cc2ccccc21. The fourth-order valence-corrected chi connectivity index (χ4v) is 3.26. The van der Waals surface area contributed by atoms with Crippen molar-refractivity contribution in [3.63, 3.8) is 0 Å².